The van der Waals surface area contributed by atoms with E-state index in [1.165, 1.54) is 0 Å². The van der Waals surface area contributed by atoms with Gasteiger partial charge in [0.2, 0.25) is 0 Å². The van der Waals surface area contributed by atoms with Crippen molar-refractivity contribution in [2.24, 2.45) is 0 Å². The van der Waals surface area contributed by atoms with E-state index in [0.717, 1.165) is 5.56 Å². The molecule has 0 aliphatic heterocycles. The van der Waals surface area contributed by atoms with E-state index in [2.05, 4.69) is 41.1 Å². The molecular formula is C18H18BBrN6O2. The van der Waals surface area contributed by atoms with Gasteiger partial charge in [-0.1, -0.05) is 0 Å². The number of anilines is 2. The topological polar surface area (TPSA) is 127 Å². The van der Waals surface area contributed by atoms with Crippen LogP contribution in [0.15, 0.2) is 41.3 Å². The second kappa shape index (κ2) is 8.45. The second-order valence-electron chi connectivity index (χ2n) is 6.21. The first-order valence-corrected chi connectivity index (χ1v) is 9.31. The van der Waals surface area contributed by atoms with Crippen molar-refractivity contribution in [3.63, 3.8) is 0 Å². The lowest BCUT2D eigenvalue weighted by atomic mass is 9.89. The molecule has 10 heteroatoms. The van der Waals surface area contributed by atoms with Crippen molar-refractivity contribution >= 4 is 40.3 Å². The summed E-state index contributed by atoms with van der Waals surface area (Å²) in [6.45, 7) is 3.36. The minimum absolute atomic E-state index is 0.0685. The highest BCUT2D eigenvalue weighted by molar-refractivity contribution is 9.10. The number of nitrogens with one attached hydrogen (secondary N) is 1. The molecule has 0 atom stereocenters. The molecule has 142 valence electrons. The third-order valence-electron chi connectivity index (χ3n) is 3.88. The minimum Gasteiger partial charge on any atom is -0.433 e. The number of nitrogens with two attached hydrogens (primary N) is 1. The summed E-state index contributed by atoms with van der Waals surface area (Å²) in [6.07, 6.45) is 3.33. The highest BCUT2D eigenvalue weighted by Gasteiger charge is 2.17. The number of carbonyl (C=O) groups is 1. The molecule has 0 fully saturated rings. The Hall–Kier alpha value is -2.85. The highest BCUT2D eigenvalue weighted by Crippen LogP contribution is 2.25. The maximum absolute atomic E-state index is 12.8. The smallest absolute Gasteiger partial charge is 0.408 e. The van der Waals surface area contributed by atoms with Gasteiger partial charge in [0, 0.05) is 30.4 Å². The van der Waals surface area contributed by atoms with Gasteiger partial charge in [0.15, 0.2) is 5.78 Å². The first kappa shape index (κ1) is 19.9. The van der Waals surface area contributed by atoms with Gasteiger partial charge in [0.05, 0.1) is 11.4 Å². The summed E-state index contributed by atoms with van der Waals surface area (Å²) in [5.74, 6) is 0.804. The second-order valence-corrected chi connectivity index (χ2v) is 7.02. The molecule has 0 bridgehead atoms. The summed E-state index contributed by atoms with van der Waals surface area (Å²) in [5, 5.41) is 12.4. The van der Waals surface area contributed by atoms with Crippen LogP contribution in [0.25, 0.3) is 11.3 Å². The number of rotatable bonds is 6. The Kier molecular flexibility index (Phi) is 6.00. The van der Waals surface area contributed by atoms with E-state index in [1.807, 2.05) is 0 Å². The average molecular weight is 441 g/mol. The Balaban J connectivity index is 1.97. The van der Waals surface area contributed by atoms with Gasteiger partial charge in [-0.3, -0.25) is 9.78 Å². The molecule has 0 aromatic carbocycles. The number of hydrogen-bond acceptors (Lipinski definition) is 8. The molecule has 0 saturated heterocycles. The van der Waals surface area contributed by atoms with Gasteiger partial charge in [0.1, 0.15) is 21.9 Å². The van der Waals surface area contributed by atoms with Crippen molar-refractivity contribution in [1.29, 1.82) is 0 Å². The number of nitrogen functional groups attached to an aromatic ring is 1. The van der Waals surface area contributed by atoms with Gasteiger partial charge in [-0.15, -0.1) is 0 Å². The van der Waals surface area contributed by atoms with Crippen LogP contribution in [0.4, 0.5) is 11.5 Å². The standard InChI is InChI=1S/C18H18BBrN6O2/c1-10-23-14(8-17(24-10)26-19(2)28)12-5-6-22-9-11(12)7-15(27)18-13(21)3-4-16(20)25-18/h3-6,8-9,28H,7,21H2,1-2H3,(H,23,24,26). The summed E-state index contributed by atoms with van der Waals surface area (Å²) < 4.78 is 0.539. The lowest BCUT2D eigenvalue weighted by Gasteiger charge is -2.12. The molecule has 28 heavy (non-hydrogen) atoms. The van der Waals surface area contributed by atoms with Crippen LogP contribution in [0.3, 0.4) is 0 Å². The summed E-state index contributed by atoms with van der Waals surface area (Å²) >= 11 is 3.26. The van der Waals surface area contributed by atoms with Gasteiger partial charge in [0.25, 0.3) is 0 Å². The maximum atomic E-state index is 12.8. The van der Waals surface area contributed by atoms with Gasteiger partial charge in [-0.2, -0.15) is 0 Å². The minimum atomic E-state index is -0.758. The summed E-state index contributed by atoms with van der Waals surface area (Å²) in [4.78, 5) is 29.8. The number of carbonyl (C=O) groups excluding carboxylic acids is 1. The number of Topliss-reactive ketones (excluding diaryl/α,β-unsaturated/α-hetero) is 1. The zero-order valence-corrected chi connectivity index (χ0v) is 16.9. The number of aromatic nitrogens is 4. The van der Waals surface area contributed by atoms with Crippen molar-refractivity contribution < 1.29 is 9.82 Å². The van der Waals surface area contributed by atoms with E-state index in [4.69, 9.17) is 5.73 Å². The van der Waals surface area contributed by atoms with E-state index in [9.17, 15) is 9.82 Å². The number of nitrogens with zero attached hydrogens (tertiary/aromatic N) is 4. The molecule has 3 heterocycles. The fraction of sp³-hybridized carbons (Fsp3) is 0.167. The van der Waals surface area contributed by atoms with E-state index in [1.54, 1.807) is 50.4 Å². The molecular weight excluding hydrogens is 423 g/mol. The predicted octanol–water partition coefficient (Wildman–Crippen LogP) is 2.53. The molecule has 8 nitrogen and oxygen atoms in total. The van der Waals surface area contributed by atoms with Crippen LogP contribution in [0.5, 0.6) is 0 Å². The Morgan fingerprint density at radius 2 is 2.07 bits per heavy atom. The van der Waals surface area contributed by atoms with Crippen LogP contribution in [0, 0.1) is 6.92 Å². The Bertz CT molecular complexity index is 1030. The van der Waals surface area contributed by atoms with Crippen molar-refractivity contribution in [3.8, 4) is 11.3 Å². The molecule has 0 aliphatic rings. The first-order valence-electron chi connectivity index (χ1n) is 8.52. The predicted molar refractivity (Wildman–Crippen MR) is 112 cm³/mol. The van der Waals surface area contributed by atoms with Crippen molar-refractivity contribution in [3.05, 3.63) is 58.3 Å². The number of pyridine rings is 2. The third-order valence-corrected chi connectivity index (χ3v) is 4.32. The fourth-order valence-corrected chi connectivity index (χ4v) is 3.05. The van der Waals surface area contributed by atoms with Crippen molar-refractivity contribution in [2.45, 2.75) is 20.2 Å². The molecule has 0 saturated carbocycles. The van der Waals surface area contributed by atoms with Crippen LogP contribution >= 0.6 is 15.9 Å². The highest BCUT2D eigenvalue weighted by atomic mass is 79.9. The van der Waals surface area contributed by atoms with Gasteiger partial charge >= 0.3 is 7.05 Å². The van der Waals surface area contributed by atoms with Crippen LogP contribution in [-0.4, -0.2) is 37.8 Å². The zero-order valence-electron chi connectivity index (χ0n) is 15.3. The largest absolute Gasteiger partial charge is 0.433 e. The van der Waals surface area contributed by atoms with Crippen LogP contribution < -0.4 is 11.0 Å². The molecule has 4 N–H and O–H groups in total. The van der Waals surface area contributed by atoms with E-state index in [0.29, 0.717) is 33.2 Å². The molecule has 0 spiro atoms. The lowest BCUT2D eigenvalue weighted by Crippen LogP contribution is -2.20. The quantitative estimate of drug-likeness (QED) is 0.303. The normalized spacial score (nSPS) is 10.6. The van der Waals surface area contributed by atoms with E-state index >= 15 is 0 Å². The van der Waals surface area contributed by atoms with Gasteiger partial charge < -0.3 is 16.0 Å². The monoisotopic (exact) mass is 440 g/mol. The molecule has 0 unspecified atom stereocenters. The Morgan fingerprint density at radius 3 is 2.82 bits per heavy atom. The number of halogens is 1. The fourth-order valence-electron chi connectivity index (χ4n) is 2.74. The van der Waals surface area contributed by atoms with E-state index < -0.39 is 7.05 Å². The molecule has 3 rings (SSSR count). The average Bonchev–Trinajstić information content (AvgIpc) is 2.63. The van der Waals surface area contributed by atoms with Crippen molar-refractivity contribution in [1.82, 2.24) is 19.9 Å². The SMILES string of the molecule is CB(O)Nc1cc(-c2ccncc2CC(=O)c2nc(Br)ccc2N)nc(C)n1. The van der Waals surface area contributed by atoms with Gasteiger partial charge in [-0.05, 0) is 53.4 Å². The molecule has 0 radical (unpaired) electrons. The van der Waals surface area contributed by atoms with E-state index in [-0.39, 0.29) is 17.9 Å². The van der Waals surface area contributed by atoms with Crippen LogP contribution in [0.1, 0.15) is 21.9 Å². The van der Waals surface area contributed by atoms with Crippen LogP contribution in [0.2, 0.25) is 6.82 Å². The molecule has 0 aliphatic carbocycles. The maximum Gasteiger partial charge on any atom is 0.408 e. The number of aryl methyl sites for hydroxylation is 1. The molecule has 0 amide bonds. The number of ketones is 1. The number of hydrogen-bond donors (Lipinski definition) is 3. The van der Waals surface area contributed by atoms with Gasteiger partial charge in [-0.25, -0.2) is 15.0 Å². The third kappa shape index (κ3) is 4.70. The Labute approximate surface area is 170 Å². The lowest BCUT2D eigenvalue weighted by molar-refractivity contribution is 0.0989. The zero-order chi connectivity index (χ0) is 20.3. The Morgan fingerprint density at radius 1 is 1.29 bits per heavy atom. The van der Waals surface area contributed by atoms with Crippen molar-refractivity contribution in [2.75, 3.05) is 11.0 Å². The summed E-state index contributed by atoms with van der Waals surface area (Å²) in [7, 11) is -0.758. The summed E-state index contributed by atoms with van der Waals surface area (Å²) in [5.41, 5.74) is 8.49. The van der Waals surface area contributed by atoms with Crippen LogP contribution in [-0.2, 0) is 6.42 Å². The summed E-state index contributed by atoms with van der Waals surface area (Å²) in [6, 6.07) is 6.82. The molecule has 3 aromatic heterocycles. The molecule has 3 aromatic rings. The first-order chi connectivity index (χ1) is 13.3.